The number of thiophene rings is 1. The van der Waals surface area contributed by atoms with E-state index in [1.807, 2.05) is 51.4 Å². The maximum atomic E-state index is 6.13. The Morgan fingerprint density at radius 3 is 2.52 bits per heavy atom. The predicted octanol–water partition coefficient (Wildman–Crippen LogP) is 2.76. The first kappa shape index (κ1) is 14.9. The molecule has 0 N–H and O–H groups in total. The third-order valence-electron chi connectivity index (χ3n) is 4.68. The van der Waals surface area contributed by atoms with Crippen LogP contribution in [0.15, 0.2) is 36.0 Å². The van der Waals surface area contributed by atoms with Crippen LogP contribution >= 0.6 is 11.3 Å². The van der Waals surface area contributed by atoms with E-state index < -0.39 is 7.12 Å². The molecule has 1 aliphatic heterocycles. The van der Waals surface area contributed by atoms with Crippen LogP contribution in [-0.4, -0.2) is 32.9 Å². The summed E-state index contributed by atoms with van der Waals surface area (Å²) < 4.78 is 14.0. The fourth-order valence-electron chi connectivity index (χ4n) is 2.58. The van der Waals surface area contributed by atoms with Crippen LogP contribution in [0.25, 0.3) is 16.2 Å². The van der Waals surface area contributed by atoms with E-state index >= 15 is 0 Å². The highest BCUT2D eigenvalue weighted by Crippen LogP contribution is 2.36. The zero-order chi connectivity index (χ0) is 16.2. The minimum Gasteiger partial charge on any atom is -0.399 e. The molecule has 1 saturated heterocycles. The molecule has 3 aromatic heterocycles. The summed E-state index contributed by atoms with van der Waals surface area (Å²) in [5, 5.41) is 6.43. The number of hydrogen-bond acceptors (Lipinski definition) is 5. The molecule has 5 nitrogen and oxygen atoms in total. The van der Waals surface area contributed by atoms with Crippen LogP contribution in [0.5, 0.6) is 0 Å². The summed E-state index contributed by atoms with van der Waals surface area (Å²) in [5.74, 6) is 0. The summed E-state index contributed by atoms with van der Waals surface area (Å²) in [4.78, 5) is 5.90. The molecular weight excluding hydrogens is 309 g/mol. The van der Waals surface area contributed by atoms with Crippen molar-refractivity contribution in [2.75, 3.05) is 0 Å². The molecule has 0 atom stereocenters. The van der Waals surface area contributed by atoms with Gasteiger partial charge in [0.05, 0.1) is 28.0 Å². The Kier molecular flexibility index (Phi) is 3.17. The topological polar surface area (TPSA) is 48.7 Å². The third kappa shape index (κ3) is 2.31. The maximum absolute atomic E-state index is 6.13. The van der Waals surface area contributed by atoms with Crippen molar-refractivity contribution in [2.45, 2.75) is 38.9 Å². The molecule has 0 amide bonds. The minimum absolute atomic E-state index is 0.378. The lowest BCUT2D eigenvalue weighted by atomic mass is 9.81. The van der Waals surface area contributed by atoms with Crippen LogP contribution < -0.4 is 5.46 Å². The molecule has 0 spiro atoms. The summed E-state index contributed by atoms with van der Waals surface area (Å²) in [5.41, 5.74) is 1.82. The largest absolute Gasteiger partial charge is 0.500 e. The zero-order valence-electron chi connectivity index (χ0n) is 13.6. The second-order valence-corrected chi connectivity index (χ2v) is 7.69. The average molecular weight is 327 g/mol. The molecule has 3 aromatic rings. The molecule has 4 heterocycles. The average Bonchev–Trinajstić information content (AvgIpc) is 3.18. The van der Waals surface area contributed by atoms with E-state index in [1.165, 1.54) is 0 Å². The van der Waals surface area contributed by atoms with Crippen molar-refractivity contribution in [1.82, 2.24) is 14.6 Å². The number of nitrogens with zero attached hydrogens (tertiary/aromatic N) is 3. The van der Waals surface area contributed by atoms with Crippen LogP contribution in [0.2, 0.25) is 0 Å². The lowest BCUT2D eigenvalue weighted by molar-refractivity contribution is 0.00578. The quantitative estimate of drug-likeness (QED) is 0.679. The van der Waals surface area contributed by atoms with E-state index in [1.54, 1.807) is 22.0 Å². The van der Waals surface area contributed by atoms with Crippen LogP contribution in [0.1, 0.15) is 27.7 Å². The molecule has 0 saturated carbocycles. The summed E-state index contributed by atoms with van der Waals surface area (Å²) >= 11 is 1.67. The van der Waals surface area contributed by atoms with Gasteiger partial charge in [-0.1, -0.05) is 6.07 Å². The molecular formula is C16H18BN3O2S. The van der Waals surface area contributed by atoms with E-state index in [2.05, 4.69) is 11.2 Å². The molecule has 1 fully saturated rings. The molecule has 1 aliphatic rings. The lowest BCUT2D eigenvalue weighted by Gasteiger charge is -2.32. The Morgan fingerprint density at radius 1 is 1.13 bits per heavy atom. The van der Waals surface area contributed by atoms with Crippen molar-refractivity contribution >= 4 is 29.6 Å². The van der Waals surface area contributed by atoms with E-state index in [0.717, 1.165) is 21.7 Å². The van der Waals surface area contributed by atoms with Crippen molar-refractivity contribution in [1.29, 1.82) is 0 Å². The van der Waals surface area contributed by atoms with Gasteiger partial charge in [0.1, 0.15) is 0 Å². The first-order chi connectivity index (χ1) is 10.9. The van der Waals surface area contributed by atoms with Gasteiger partial charge < -0.3 is 9.31 Å². The fraction of sp³-hybridized carbons (Fsp3) is 0.375. The van der Waals surface area contributed by atoms with Crippen LogP contribution in [0, 0.1) is 0 Å². The normalized spacial score (nSPS) is 19.6. The van der Waals surface area contributed by atoms with Crippen LogP contribution in [0.3, 0.4) is 0 Å². The molecule has 7 heteroatoms. The van der Waals surface area contributed by atoms with Gasteiger partial charge >= 0.3 is 7.12 Å². The van der Waals surface area contributed by atoms with Gasteiger partial charge in [0.15, 0.2) is 5.65 Å². The number of fused-ring (bicyclic) bond motifs is 1. The summed E-state index contributed by atoms with van der Waals surface area (Å²) in [6, 6.07) is 6.06. The van der Waals surface area contributed by atoms with Crippen molar-refractivity contribution in [3.8, 4) is 10.6 Å². The first-order valence-electron chi connectivity index (χ1n) is 7.61. The second-order valence-electron chi connectivity index (χ2n) is 6.75. The first-order valence-corrected chi connectivity index (χ1v) is 8.49. The van der Waals surface area contributed by atoms with Gasteiger partial charge in [-0.2, -0.15) is 5.10 Å². The van der Waals surface area contributed by atoms with E-state index in [-0.39, 0.29) is 11.2 Å². The van der Waals surface area contributed by atoms with Crippen molar-refractivity contribution in [3.63, 3.8) is 0 Å². The number of hydrogen-bond donors (Lipinski definition) is 0. The second kappa shape index (κ2) is 4.90. The highest BCUT2D eigenvalue weighted by molar-refractivity contribution is 7.13. The lowest BCUT2D eigenvalue weighted by Crippen LogP contribution is -2.41. The van der Waals surface area contributed by atoms with Gasteiger partial charge in [0.25, 0.3) is 0 Å². The number of rotatable bonds is 2. The van der Waals surface area contributed by atoms with E-state index in [0.29, 0.717) is 0 Å². The Balaban J connectivity index is 1.78. The summed E-state index contributed by atoms with van der Waals surface area (Å²) in [7, 11) is -0.455. The van der Waals surface area contributed by atoms with Gasteiger partial charge in [-0.25, -0.2) is 9.50 Å². The summed E-state index contributed by atoms with van der Waals surface area (Å²) in [6.07, 6.45) is 3.70. The fourth-order valence-corrected chi connectivity index (χ4v) is 3.28. The van der Waals surface area contributed by atoms with Crippen molar-refractivity contribution < 1.29 is 9.31 Å². The summed E-state index contributed by atoms with van der Waals surface area (Å²) in [6.45, 7) is 8.18. The molecule has 0 aliphatic carbocycles. The molecule has 23 heavy (non-hydrogen) atoms. The number of aromatic nitrogens is 3. The molecule has 0 unspecified atom stereocenters. The van der Waals surface area contributed by atoms with Gasteiger partial charge in [-0.3, -0.25) is 0 Å². The smallest absolute Gasteiger partial charge is 0.399 e. The predicted molar refractivity (Wildman–Crippen MR) is 92.0 cm³/mol. The van der Waals surface area contributed by atoms with E-state index in [4.69, 9.17) is 14.3 Å². The van der Waals surface area contributed by atoms with Gasteiger partial charge in [-0.15, -0.1) is 11.3 Å². The molecule has 0 bridgehead atoms. The Labute approximate surface area is 139 Å². The van der Waals surface area contributed by atoms with E-state index in [9.17, 15) is 0 Å². The molecule has 4 rings (SSSR count). The Hall–Kier alpha value is -1.70. The van der Waals surface area contributed by atoms with Gasteiger partial charge in [0, 0.05) is 11.7 Å². The third-order valence-corrected chi connectivity index (χ3v) is 5.57. The molecule has 118 valence electrons. The van der Waals surface area contributed by atoms with Crippen molar-refractivity contribution in [2.24, 2.45) is 0 Å². The molecule has 0 radical (unpaired) electrons. The highest BCUT2D eigenvalue weighted by Gasteiger charge is 2.52. The van der Waals surface area contributed by atoms with Crippen LogP contribution in [-0.2, 0) is 9.31 Å². The zero-order valence-corrected chi connectivity index (χ0v) is 14.4. The van der Waals surface area contributed by atoms with Crippen LogP contribution in [0.4, 0.5) is 0 Å². The standard InChI is InChI=1S/C16H18BN3O2S/c1-15(2)16(3,4)22-17(21-15)11-10-18-20-8-7-12(19-14(11)20)13-6-5-9-23-13/h5-10H,1-4H3. The molecule has 0 aromatic carbocycles. The van der Waals surface area contributed by atoms with Gasteiger partial charge in [-0.05, 0) is 45.2 Å². The highest BCUT2D eigenvalue weighted by atomic mass is 32.1. The van der Waals surface area contributed by atoms with Crippen molar-refractivity contribution in [3.05, 3.63) is 36.0 Å². The maximum Gasteiger partial charge on any atom is 0.500 e. The monoisotopic (exact) mass is 327 g/mol. The van der Waals surface area contributed by atoms with Gasteiger partial charge in [0.2, 0.25) is 0 Å². The Bertz CT molecular complexity index is 841. The SMILES string of the molecule is CC1(C)OB(c2cnn3ccc(-c4cccs4)nc23)OC1(C)C. The minimum atomic E-state index is -0.455. The Morgan fingerprint density at radius 2 is 1.87 bits per heavy atom.